The zero-order chi connectivity index (χ0) is 16.6. The first-order valence-electron chi connectivity index (χ1n) is 7.83. The van der Waals surface area contributed by atoms with E-state index in [0.717, 1.165) is 30.4 Å². The molecule has 1 aliphatic heterocycles. The largest absolute Gasteiger partial charge is 0.348 e. The Bertz CT molecular complexity index is 671. The van der Waals surface area contributed by atoms with Crippen LogP contribution >= 0.6 is 11.6 Å². The number of nitrogens with one attached hydrogen (secondary N) is 3. The second kappa shape index (κ2) is 6.44. The van der Waals surface area contributed by atoms with Gasteiger partial charge in [0.15, 0.2) is 0 Å². The second-order valence-corrected chi connectivity index (χ2v) is 6.80. The maximum atomic E-state index is 12.5. The molecular weight excluding hydrogens is 314 g/mol. The van der Waals surface area contributed by atoms with Crippen molar-refractivity contribution in [3.8, 4) is 6.07 Å². The number of hydrogen-bond donors (Lipinski definition) is 3. The van der Waals surface area contributed by atoms with E-state index in [1.54, 1.807) is 0 Å². The van der Waals surface area contributed by atoms with Gasteiger partial charge >= 0.3 is 0 Å². The van der Waals surface area contributed by atoms with Gasteiger partial charge in [-0.15, -0.1) is 11.6 Å². The van der Waals surface area contributed by atoms with Gasteiger partial charge in [-0.1, -0.05) is 0 Å². The summed E-state index contributed by atoms with van der Waals surface area (Å²) in [6.45, 7) is 3.67. The maximum Gasteiger partial charge on any atom is 0.270 e. The molecule has 23 heavy (non-hydrogen) atoms. The first-order chi connectivity index (χ1) is 11.0. The molecule has 4 unspecified atom stereocenters. The Morgan fingerprint density at radius 3 is 2.91 bits per heavy atom. The van der Waals surface area contributed by atoms with Gasteiger partial charge in [0.05, 0.1) is 11.1 Å². The molecule has 1 amide bonds. The minimum Gasteiger partial charge on any atom is -0.348 e. The van der Waals surface area contributed by atoms with Crippen LogP contribution in [0.5, 0.6) is 0 Å². The molecule has 2 heterocycles. The van der Waals surface area contributed by atoms with E-state index in [4.69, 9.17) is 16.9 Å². The van der Waals surface area contributed by atoms with E-state index in [0.29, 0.717) is 23.2 Å². The molecule has 1 saturated carbocycles. The topological polar surface area (TPSA) is 89.8 Å². The SMILES string of the molecule is Cc1c(C#N)cnc(C(=O)NC2CCC3NNC(Cl)C3C2)c1C. The van der Waals surface area contributed by atoms with Crippen LogP contribution in [0.4, 0.5) is 0 Å². The highest BCUT2D eigenvalue weighted by Crippen LogP contribution is 2.32. The summed E-state index contributed by atoms with van der Waals surface area (Å²) < 4.78 is 0. The number of nitrogens with zero attached hydrogens (tertiary/aromatic N) is 2. The number of nitriles is 1. The fourth-order valence-corrected chi connectivity index (χ4v) is 3.77. The first kappa shape index (κ1) is 16.2. The van der Waals surface area contributed by atoms with Gasteiger partial charge in [-0.05, 0) is 44.2 Å². The van der Waals surface area contributed by atoms with Gasteiger partial charge in [0.1, 0.15) is 11.8 Å². The summed E-state index contributed by atoms with van der Waals surface area (Å²) in [6.07, 6.45) is 4.21. The van der Waals surface area contributed by atoms with Gasteiger partial charge in [0, 0.05) is 24.2 Å². The smallest absolute Gasteiger partial charge is 0.270 e. The van der Waals surface area contributed by atoms with Crippen LogP contribution in [0, 0.1) is 31.1 Å². The van der Waals surface area contributed by atoms with Gasteiger partial charge in [-0.3, -0.25) is 10.2 Å². The van der Waals surface area contributed by atoms with Crippen molar-refractivity contribution in [3.05, 3.63) is 28.6 Å². The van der Waals surface area contributed by atoms with Crippen molar-refractivity contribution in [2.75, 3.05) is 0 Å². The monoisotopic (exact) mass is 333 g/mol. The molecular formula is C16H20ClN5O. The molecule has 7 heteroatoms. The van der Waals surface area contributed by atoms with Crippen molar-refractivity contribution in [1.82, 2.24) is 21.2 Å². The number of aromatic nitrogens is 1. The van der Waals surface area contributed by atoms with Crippen LogP contribution in [0.15, 0.2) is 6.20 Å². The van der Waals surface area contributed by atoms with Gasteiger partial charge in [-0.25, -0.2) is 10.4 Å². The normalized spacial score (nSPS) is 29.7. The summed E-state index contributed by atoms with van der Waals surface area (Å²) in [5.41, 5.74) is 8.63. The molecule has 3 rings (SSSR count). The molecule has 1 aromatic heterocycles. The third-order valence-electron chi connectivity index (χ3n) is 5.00. The molecule has 6 nitrogen and oxygen atoms in total. The Morgan fingerprint density at radius 1 is 1.39 bits per heavy atom. The third kappa shape index (κ3) is 3.05. The van der Waals surface area contributed by atoms with Crippen LogP contribution in [0.2, 0.25) is 0 Å². The summed E-state index contributed by atoms with van der Waals surface area (Å²) in [4.78, 5) is 16.7. The lowest BCUT2D eigenvalue weighted by Crippen LogP contribution is -2.44. The highest BCUT2D eigenvalue weighted by molar-refractivity contribution is 6.20. The van der Waals surface area contributed by atoms with Crippen LogP contribution in [0.3, 0.4) is 0 Å². The van der Waals surface area contributed by atoms with Crippen molar-refractivity contribution in [2.24, 2.45) is 5.92 Å². The van der Waals surface area contributed by atoms with Gasteiger partial charge in [0.2, 0.25) is 0 Å². The fourth-order valence-electron chi connectivity index (χ4n) is 3.43. The van der Waals surface area contributed by atoms with Crippen molar-refractivity contribution >= 4 is 17.5 Å². The predicted molar refractivity (Wildman–Crippen MR) is 86.7 cm³/mol. The van der Waals surface area contributed by atoms with E-state index in [-0.39, 0.29) is 17.5 Å². The van der Waals surface area contributed by atoms with Crippen LogP contribution in [-0.4, -0.2) is 28.5 Å². The van der Waals surface area contributed by atoms with Gasteiger partial charge in [-0.2, -0.15) is 5.26 Å². The second-order valence-electron chi connectivity index (χ2n) is 6.33. The number of hydrazine groups is 1. The standard InChI is InChI=1S/C16H20ClN5O/c1-8-9(2)14(19-7-10(8)6-18)16(23)20-11-3-4-13-12(5-11)15(17)22-21-13/h7,11-13,15,21-22H,3-5H2,1-2H3,(H,20,23). The maximum absolute atomic E-state index is 12.5. The lowest BCUT2D eigenvalue weighted by molar-refractivity contribution is 0.0911. The fraction of sp³-hybridized carbons (Fsp3) is 0.562. The Morgan fingerprint density at radius 2 is 2.17 bits per heavy atom. The average Bonchev–Trinajstić information content (AvgIpc) is 2.91. The van der Waals surface area contributed by atoms with E-state index in [1.807, 2.05) is 13.8 Å². The number of alkyl halides is 1. The minimum atomic E-state index is -0.177. The molecule has 2 aliphatic rings. The number of pyridine rings is 1. The molecule has 3 N–H and O–H groups in total. The van der Waals surface area contributed by atoms with E-state index in [1.165, 1.54) is 6.20 Å². The number of amides is 1. The quantitative estimate of drug-likeness (QED) is 0.564. The minimum absolute atomic E-state index is 0.100. The summed E-state index contributed by atoms with van der Waals surface area (Å²) in [7, 11) is 0. The molecule has 1 aromatic rings. The molecule has 0 aromatic carbocycles. The number of fused-ring (bicyclic) bond motifs is 1. The van der Waals surface area contributed by atoms with Gasteiger partial charge < -0.3 is 5.32 Å². The molecule has 0 bridgehead atoms. The zero-order valence-electron chi connectivity index (χ0n) is 13.2. The molecule has 122 valence electrons. The predicted octanol–water partition coefficient (Wildman–Crippen LogP) is 1.51. The van der Waals surface area contributed by atoms with Crippen LogP contribution in [0.25, 0.3) is 0 Å². The summed E-state index contributed by atoms with van der Waals surface area (Å²) >= 11 is 6.25. The molecule has 1 aliphatic carbocycles. The van der Waals surface area contributed by atoms with E-state index < -0.39 is 0 Å². The Balaban J connectivity index is 1.70. The zero-order valence-corrected chi connectivity index (χ0v) is 13.9. The van der Waals surface area contributed by atoms with E-state index >= 15 is 0 Å². The number of carbonyl (C=O) groups is 1. The summed E-state index contributed by atoms with van der Waals surface area (Å²) in [5.74, 6) is 0.135. The highest BCUT2D eigenvalue weighted by Gasteiger charge is 2.39. The Kier molecular flexibility index (Phi) is 4.53. The number of hydrogen-bond acceptors (Lipinski definition) is 5. The van der Waals surface area contributed by atoms with Crippen molar-refractivity contribution in [3.63, 3.8) is 0 Å². The average molecular weight is 334 g/mol. The lowest BCUT2D eigenvalue weighted by Gasteiger charge is -2.32. The number of rotatable bonds is 2. The van der Waals surface area contributed by atoms with E-state index in [9.17, 15) is 4.79 Å². The van der Waals surface area contributed by atoms with E-state index in [2.05, 4.69) is 27.2 Å². The van der Waals surface area contributed by atoms with Crippen LogP contribution < -0.4 is 16.2 Å². The molecule has 0 radical (unpaired) electrons. The highest BCUT2D eigenvalue weighted by atomic mass is 35.5. The number of carbonyl (C=O) groups excluding carboxylic acids is 1. The molecule has 1 saturated heterocycles. The molecule has 2 fully saturated rings. The van der Waals surface area contributed by atoms with Crippen LogP contribution in [0.1, 0.15) is 46.4 Å². The Hall–Kier alpha value is -1.68. The van der Waals surface area contributed by atoms with Crippen molar-refractivity contribution in [1.29, 1.82) is 5.26 Å². The lowest BCUT2D eigenvalue weighted by atomic mass is 9.82. The van der Waals surface area contributed by atoms with Crippen molar-refractivity contribution < 1.29 is 4.79 Å². The van der Waals surface area contributed by atoms with Gasteiger partial charge in [0.25, 0.3) is 5.91 Å². The molecule has 0 spiro atoms. The third-order valence-corrected chi connectivity index (χ3v) is 5.43. The summed E-state index contributed by atoms with van der Waals surface area (Å²) in [6, 6.07) is 2.57. The Labute approximate surface area is 140 Å². The summed E-state index contributed by atoms with van der Waals surface area (Å²) in [5, 5.41) is 12.1. The van der Waals surface area contributed by atoms with Crippen LogP contribution in [-0.2, 0) is 0 Å². The number of halogens is 1. The molecule has 4 atom stereocenters. The first-order valence-corrected chi connectivity index (χ1v) is 8.27. The van der Waals surface area contributed by atoms with Crippen molar-refractivity contribution in [2.45, 2.75) is 50.7 Å².